The Morgan fingerprint density at radius 2 is 1.94 bits per heavy atom. The smallest absolute Gasteiger partial charge is 0.321 e. The van der Waals surface area contributed by atoms with Crippen molar-refractivity contribution < 1.29 is 18.0 Å². The molecule has 1 aromatic carbocycles. The average molecular weight is 278 g/mol. The van der Waals surface area contributed by atoms with Crippen LogP contribution in [-0.2, 0) is 11.0 Å². The van der Waals surface area contributed by atoms with Gasteiger partial charge >= 0.3 is 6.18 Å². The summed E-state index contributed by atoms with van der Waals surface area (Å²) in [5.74, 6) is -0.517. The van der Waals surface area contributed by atoms with Crippen molar-refractivity contribution in [3.05, 3.63) is 40.4 Å². The van der Waals surface area contributed by atoms with E-state index in [4.69, 9.17) is 11.6 Å². The highest BCUT2D eigenvalue weighted by Crippen LogP contribution is 2.33. The molecule has 1 aromatic rings. The third kappa shape index (κ3) is 4.07. The Bertz CT molecular complexity index is 491. The fourth-order valence-corrected chi connectivity index (χ4v) is 1.39. The van der Waals surface area contributed by atoms with Gasteiger partial charge in [-0.2, -0.15) is 13.2 Å². The number of benzene rings is 1. The molecule has 0 aliphatic heterocycles. The zero-order valence-corrected chi connectivity index (χ0v) is 10.5. The first kappa shape index (κ1) is 14.6. The fraction of sp³-hybridized carbons (Fsp3) is 0.250. The number of nitrogens with one attached hydrogen (secondary N) is 1. The van der Waals surface area contributed by atoms with Gasteiger partial charge in [0.1, 0.15) is 0 Å². The van der Waals surface area contributed by atoms with Gasteiger partial charge in [0.15, 0.2) is 0 Å². The minimum absolute atomic E-state index is 0.0542. The molecule has 1 amide bonds. The molecule has 0 spiro atoms. The van der Waals surface area contributed by atoms with Crippen molar-refractivity contribution in [2.75, 3.05) is 5.32 Å². The molecule has 0 unspecified atom stereocenters. The second kappa shape index (κ2) is 5.44. The van der Waals surface area contributed by atoms with E-state index in [0.717, 1.165) is 23.8 Å². The van der Waals surface area contributed by atoms with Gasteiger partial charge in [0.05, 0.1) is 16.3 Å². The van der Waals surface area contributed by atoms with Crippen molar-refractivity contribution in [3.63, 3.8) is 0 Å². The molecule has 2 nitrogen and oxygen atoms in total. The molecular weight excluding hydrogens is 267 g/mol. The molecule has 18 heavy (non-hydrogen) atoms. The second-order valence-corrected chi connectivity index (χ2v) is 4.31. The third-order valence-electron chi connectivity index (χ3n) is 1.97. The van der Waals surface area contributed by atoms with Crippen LogP contribution in [0.2, 0.25) is 5.02 Å². The molecule has 0 aliphatic carbocycles. The van der Waals surface area contributed by atoms with Crippen LogP contribution in [0.4, 0.5) is 18.9 Å². The maximum atomic E-state index is 12.5. The van der Waals surface area contributed by atoms with Gasteiger partial charge in [-0.25, -0.2) is 0 Å². The Morgan fingerprint density at radius 3 is 2.44 bits per heavy atom. The second-order valence-electron chi connectivity index (χ2n) is 3.90. The van der Waals surface area contributed by atoms with Crippen LogP contribution in [0.3, 0.4) is 0 Å². The van der Waals surface area contributed by atoms with Crippen molar-refractivity contribution in [2.24, 2.45) is 0 Å². The lowest BCUT2D eigenvalue weighted by atomic mass is 10.2. The first-order chi connectivity index (χ1) is 8.20. The van der Waals surface area contributed by atoms with Crippen LogP contribution in [0.25, 0.3) is 0 Å². The number of hydrogen-bond donors (Lipinski definition) is 1. The van der Waals surface area contributed by atoms with Gasteiger partial charge in [-0.1, -0.05) is 17.2 Å². The maximum absolute atomic E-state index is 12.5. The Labute approximate surface area is 107 Å². The van der Waals surface area contributed by atoms with Gasteiger partial charge in [0.2, 0.25) is 5.91 Å². The van der Waals surface area contributed by atoms with Crippen molar-refractivity contribution in [1.29, 1.82) is 0 Å². The number of rotatable bonds is 2. The molecule has 0 saturated heterocycles. The number of allylic oxidation sites excluding steroid dienone is 1. The van der Waals surface area contributed by atoms with E-state index < -0.39 is 17.6 Å². The van der Waals surface area contributed by atoms with Gasteiger partial charge in [-0.15, -0.1) is 0 Å². The summed E-state index contributed by atoms with van der Waals surface area (Å²) in [6.07, 6.45) is -3.20. The van der Waals surface area contributed by atoms with Crippen molar-refractivity contribution in [1.82, 2.24) is 0 Å². The minimum Gasteiger partial charge on any atom is -0.321 e. The monoisotopic (exact) mass is 277 g/mol. The lowest BCUT2D eigenvalue weighted by Crippen LogP contribution is -2.11. The third-order valence-corrected chi connectivity index (χ3v) is 2.30. The van der Waals surface area contributed by atoms with Crippen LogP contribution < -0.4 is 5.32 Å². The zero-order chi connectivity index (χ0) is 13.9. The molecule has 6 heteroatoms. The lowest BCUT2D eigenvalue weighted by Gasteiger charge is -2.10. The van der Waals surface area contributed by atoms with Crippen LogP contribution in [0.15, 0.2) is 29.8 Å². The lowest BCUT2D eigenvalue weighted by molar-refractivity contribution is -0.137. The number of anilines is 1. The largest absolute Gasteiger partial charge is 0.416 e. The summed E-state index contributed by atoms with van der Waals surface area (Å²) in [6.45, 7) is 3.40. The zero-order valence-electron chi connectivity index (χ0n) is 9.73. The van der Waals surface area contributed by atoms with E-state index >= 15 is 0 Å². The van der Waals surface area contributed by atoms with E-state index in [-0.39, 0.29) is 10.7 Å². The average Bonchev–Trinajstić information content (AvgIpc) is 2.18. The Kier molecular flexibility index (Phi) is 4.40. The highest BCUT2D eigenvalue weighted by Gasteiger charge is 2.31. The minimum atomic E-state index is -4.47. The summed E-state index contributed by atoms with van der Waals surface area (Å²) in [6, 6.07) is 2.76. The first-order valence-electron chi connectivity index (χ1n) is 5.03. The molecule has 98 valence electrons. The van der Waals surface area contributed by atoms with Crippen LogP contribution in [0, 0.1) is 0 Å². The van der Waals surface area contributed by atoms with Gasteiger partial charge in [-0.05, 0) is 32.0 Å². The van der Waals surface area contributed by atoms with Crippen LogP contribution in [-0.4, -0.2) is 5.91 Å². The molecule has 0 fully saturated rings. The van der Waals surface area contributed by atoms with E-state index in [1.165, 1.54) is 6.08 Å². The van der Waals surface area contributed by atoms with Gasteiger partial charge in [0, 0.05) is 6.08 Å². The summed E-state index contributed by atoms with van der Waals surface area (Å²) in [5.41, 5.74) is -0.191. The van der Waals surface area contributed by atoms with E-state index in [1.807, 2.05) is 0 Å². The molecular formula is C12H11ClF3NO. The highest BCUT2D eigenvalue weighted by molar-refractivity contribution is 6.33. The van der Waals surface area contributed by atoms with E-state index in [0.29, 0.717) is 0 Å². The molecule has 0 radical (unpaired) electrons. The molecule has 0 aromatic heterocycles. The molecule has 0 aliphatic rings. The summed E-state index contributed by atoms with van der Waals surface area (Å²) >= 11 is 5.72. The number of alkyl halides is 3. The summed E-state index contributed by atoms with van der Waals surface area (Å²) in [7, 11) is 0. The van der Waals surface area contributed by atoms with E-state index in [9.17, 15) is 18.0 Å². The van der Waals surface area contributed by atoms with Crippen LogP contribution >= 0.6 is 11.6 Å². The Hall–Kier alpha value is -1.49. The van der Waals surface area contributed by atoms with E-state index in [1.54, 1.807) is 13.8 Å². The standard InChI is InChI=1S/C12H11ClF3NO/c1-7(2)5-11(18)17-10-6-8(12(14,15)16)3-4-9(10)13/h3-6H,1-2H3,(H,17,18). The predicted octanol–water partition coefficient (Wildman–Crippen LogP) is 4.26. The van der Waals surface area contributed by atoms with Gasteiger partial charge in [0.25, 0.3) is 0 Å². The molecule has 0 bridgehead atoms. The van der Waals surface area contributed by atoms with Crippen LogP contribution in [0.1, 0.15) is 19.4 Å². The fourth-order valence-electron chi connectivity index (χ4n) is 1.23. The normalized spacial score (nSPS) is 11.0. The molecule has 1 rings (SSSR count). The Balaban J connectivity index is 3.02. The highest BCUT2D eigenvalue weighted by atomic mass is 35.5. The van der Waals surface area contributed by atoms with Crippen molar-refractivity contribution in [3.8, 4) is 0 Å². The van der Waals surface area contributed by atoms with E-state index in [2.05, 4.69) is 5.32 Å². The SMILES string of the molecule is CC(C)=CC(=O)Nc1cc(C(F)(F)F)ccc1Cl. The first-order valence-corrected chi connectivity index (χ1v) is 5.40. The molecule has 1 N–H and O–H groups in total. The molecule has 0 saturated carbocycles. The number of hydrogen-bond acceptors (Lipinski definition) is 1. The summed E-state index contributed by atoms with van der Waals surface area (Å²) in [4.78, 5) is 11.4. The van der Waals surface area contributed by atoms with Crippen molar-refractivity contribution in [2.45, 2.75) is 20.0 Å². The topological polar surface area (TPSA) is 29.1 Å². The summed E-state index contributed by atoms with van der Waals surface area (Å²) in [5, 5.41) is 2.36. The quantitative estimate of drug-likeness (QED) is 0.804. The number of carbonyl (C=O) groups excluding carboxylic acids is 1. The Morgan fingerprint density at radius 1 is 1.33 bits per heavy atom. The predicted molar refractivity (Wildman–Crippen MR) is 64.5 cm³/mol. The molecule has 0 heterocycles. The number of carbonyl (C=O) groups is 1. The van der Waals surface area contributed by atoms with Gasteiger partial charge < -0.3 is 5.32 Å². The van der Waals surface area contributed by atoms with Crippen molar-refractivity contribution >= 4 is 23.2 Å². The van der Waals surface area contributed by atoms with Gasteiger partial charge in [-0.3, -0.25) is 4.79 Å². The summed E-state index contributed by atoms with van der Waals surface area (Å²) < 4.78 is 37.4. The maximum Gasteiger partial charge on any atom is 0.416 e. The molecule has 0 atom stereocenters. The number of halogens is 4. The number of amides is 1. The van der Waals surface area contributed by atoms with Crippen LogP contribution in [0.5, 0.6) is 0 Å².